The van der Waals surface area contributed by atoms with Gasteiger partial charge in [-0.05, 0) is 26.3 Å². The first-order valence-electron chi connectivity index (χ1n) is 7.62. The Balaban J connectivity index is 2.10. The van der Waals surface area contributed by atoms with Crippen molar-refractivity contribution in [3.05, 3.63) is 0 Å². The molecule has 1 N–H and O–H groups in total. The van der Waals surface area contributed by atoms with E-state index in [1.807, 2.05) is 14.0 Å². The molecular formula is C13H27N3O3S. The van der Waals surface area contributed by atoms with Crippen molar-refractivity contribution in [2.45, 2.75) is 44.8 Å². The maximum absolute atomic E-state index is 12.9. The summed E-state index contributed by atoms with van der Waals surface area (Å²) >= 11 is 0. The Morgan fingerprint density at radius 3 is 2.80 bits per heavy atom. The van der Waals surface area contributed by atoms with E-state index in [4.69, 9.17) is 4.74 Å². The van der Waals surface area contributed by atoms with Gasteiger partial charge in [-0.2, -0.15) is 17.0 Å². The number of morpholine rings is 1. The fourth-order valence-electron chi connectivity index (χ4n) is 3.01. The van der Waals surface area contributed by atoms with Crippen LogP contribution in [0, 0.1) is 0 Å². The molecule has 0 aromatic heterocycles. The molecule has 118 valence electrons. The van der Waals surface area contributed by atoms with E-state index in [0.717, 1.165) is 32.2 Å². The van der Waals surface area contributed by atoms with E-state index in [-0.39, 0.29) is 12.1 Å². The molecule has 2 saturated heterocycles. The Labute approximate surface area is 122 Å². The monoisotopic (exact) mass is 305 g/mol. The van der Waals surface area contributed by atoms with Gasteiger partial charge in [-0.25, -0.2) is 0 Å². The number of ether oxygens (including phenoxy) is 1. The summed E-state index contributed by atoms with van der Waals surface area (Å²) in [4.78, 5) is 0. The van der Waals surface area contributed by atoms with Crippen molar-refractivity contribution in [3.8, 4) is 0 Å². The summed E-state index contributed by atoms with van der Waals surface area (Å²) in [5.41, 5.74) is 0. The van der Waals surface area contributed by atoms with Crippen molar-refractivity contribution < 1.29 is 13.2 Å². The normalized spacial score (nSPS) is 30.5. The highest BCUT2D eigenvalue weighted by Gasteiger charge is 2.38. The first-order valence-corrected chi connectivity index (χ1v) is 9.02. The maximum Gasteiger partial charge on any atom is 0.282 e. The van der Waals surface area contributed by atoms with Gasteiger partial charge in [0.15, 0.2) is 0 Å². The molecule has 2 rings (SSSR count). The number of rotatable bonds is 5. The molecule has 0 spiro atoms. The summed E-state index contributed by atoms with van der Waals surface area (Å²) in [6, 6.07) is 0.0849. The molecule has 0 amide bonds. The molecule has 0 aliphatic carbocycles. The van der Waals surface area contributed by atoms with Crippen LogP contribution < -0.4 is 5.32 Å². The van der Waals surface area contributed by atoms with E-state index in [9.17, 15) is 8.42 Å². The van der Waals surface area contributed by atoms with Gasteiger partial charge in [-0.15, -0.1) is 0 Å². The van der Waals surface area contributed by atoms with E-state index in [1.54, 1.807) is 8.61 Å². The lowest BCUT2D eigenvalue weighted by atomic mass is 10.1. The predicted molar refractivity (Wildman–Crippen MR) is 78.8 cm³/mol. The third kappa shape index (κ3) is 3.51. The van der Waals surface area contributed by atoms with Crippen molar-refractivity contribution >= 4 is 10.2 Å². The highest BCUT2D eigenvalue weighted by molar-refractivity contribution is 7.86. The number of hydrogen-bond acceptors (Lipinski definition) is 4. The number of hydrogen-bond donors (Lipinski definition) is 1. The van der Waals surface area contributed by atoms with Crippen LogP contribution in [0.1, 0.15) is 32.6 Å². The largest absolute Gasteiger partial charge is 0.375 e. The third-order valence-electron chi connectivity index (χ3n) is 4.19. The van der Waals surface area contributed by atoms with Gasteiger partial charge in [-0.3, -0.25) is 0 Å². The first-order chi connectivity index (χ1) is 9.59. The lowest BCUT2D eigenvalue weighted by molar-refractivity contribution is -0.00527. The number of nitrogens with one attached hydrogen (secondary N) is 1. The molecule has 0 aromatic carbocycles. The number of nitrogens with zero attached hydrogens (tertiary/aromatic N) is 2. The van der Waals surface area contributed by atoms with E-state index >= 15 is 0 Å². The fraction of sp³-hybridized carbons (Fsp3) is 1.00. The fourth-order valence-corrected chi connectivity index (χ4v) is 4.89. The van der Waals surface area contributed by atoms with E-state index in [2.05, 4.69) is 5.32 Å². The van der Waals surface area contributed by atoms with Gasteiger partial charge in [0.2, 0.25) is 0 Å². The van der Waals surface area contributed by atoms with Crippen LogP contribution in [0.15, 0.2) is 0 Å². The van der Waals surface area contributed by atoms with Crippen LogP contribution in [0.4, 0.5) is 0 Å². The minimum Gasteiger partial charge on any atom is -0.375 e. The SMILES string of the molecule is CCC1CN(S(=O)(=O)N2CCCCC2CNC)CCO1. The molecule has 2 aliphatic heterocycles. The van der Waals surface area contributed by atoms with Gasteiger partial charge in [-0.1, -0.05) is 13.3 Å². The molecule has 2 atom stereocenters. The lowest BCUT2D eigenvalue weighted by Crippen LogP contribution is -2.56. The molecule has 2 unspecified atom stereocenters. The Morgan fingerprint density at radius 2 is 2.10 bits per heavy atom. The number of likely N-dealkylation sites (N-methyl/N-ethyl adjacent to an activating group) is 1. The molecule has 2 fully saturated rings. The van der Waals surface area contributed by atoms with E-state index < -0.39 is 10.2 Å². The first kappa shape index (κ1) is 16.2. The highest BCUT2D eigenvalue weighted by atomic mass is 32.2. The minimum absolute atomic E-state index is 0.0334. The zero-order valence-corrected chi connectivity index (χ0v) is 13.4. The van der Waals surface area contributed by atoms with Gasteiger partial charge in [0, 0.05) is 32.2 Å². The number of piperidine rings is 1. The summed E-state index contributed by atoms with van der Waals surface area (Å²) < 4.78 is 34.6. The van der Waals surface area contributed by atoms with Crippen molar-refractivity contribution in [1.82, 2.24) is 13.9 Å². The van der Waals surface area contributed by atoms with Crippen LogP contribution in [-0.4, -0.2) is 69.0 Å². The molecule has 0 bridgehead atoms. The summed E-state index contributed by atoms with van der Waals surface area (Å²) in [7, 11) is -1.48. The summed E-state index contributed by atoms with van der Waals surface area (Å²) in [5.74, 6) is 0. The van der Waals surface area contributed by atoms with Crippen LogP contribution in [0.3, 0.4) is 0 Å². The third-order valence-corrected chi connectivity index (χ3v) is 6.25. The topological polar surface area (TPSA) is 61.9 Å². The zero-order chi connectivity index (χ0) is 14.6. The van der Waals surface area contributed by atoms with Crippen molar-refractivity contribution in [3.63, 3.8) is 0 Å². The van der Waals surface area contributed by atoms with Crippen LogP contribution in [0.5, 0.6) is 0 Å². The Morgan fingerprint density at radius 1 is 1.30 bits per heavy atom. The molecular weight excluding hydrogens is 278 g/mol. The Kier molecular flexibility index (Phi) is 5.80. The van der Waals surface area contributed by atoms with Crippen LogP contribution in [0.2, 0.25) is 0 Å². The molecule has 2 aliphatic rings. The average molecular weight is 305 g/mol. The van der Waals surface area contributed by atoms with E-state index in [1.165, 1.54) is 0 Å². The molecule has 0 saturated carbocycles. The molecule has 2 heterocycles. The Bertz CT molecular complexity index is 400. The van der Waals surface area contributed by atoms with Gasteiger partial charge in [0.1, 0.15) is 0 Å². The second-order valence-electron chi connectivity index (χ2n) is 5.58. The van der Waals surface area contributed by atoms with Crippen molar-refractivity contribution in [2.75, 3.05) is 39.8 Å². The van der Waals surface area contributed by atoms with Gasteiger partial charge in [0.25, 0.3) is 10.2 Å². The molecule has 6 nitrogen and oxygen atoms in total. The van der Waals surface area contributed by atoms with E-state index in [0.29, 0.717) is 26.2 Å². The molecule has 0 aromatic rings. The summed E-state index contributed by atoms with van der Waals surface area (Å²) in [6.45, 7) is 4.86. The lowest BCUT2D eigenvalue weighted by Gasteiger charge is -2.40. The van der Waals surface area contributed by atoms with Gasteiger partial charge in [0.05, 0.1) is 12.7 Å². The van der Waals surface area contributed by atoms with Crippen LogP contribution in [-0.2, 0) is 14.9 Å². The Hall–Kier alpha value is -0.210. The quantitative estimate of drug-likeness (QED) is 0.799. The summed E-state index contributed by atoms with van der Waals surface area (Å²) in [6.07, 6.45) is 3.90. The highest BCUT2D eigenvalue weighted by Crippen LogP contribution is 2.24. The van der Waals surface area contributed by atoms with Crippen molar-refractivity contribution in [1.29, 1.82) is 0 Å². The second-order valence-corrected chi connectivity index (χ2v) is 7.47. The molecule has 0 radical (unpaired) electrons. The second kappa shape index (κ2) is 7.17. The smallest absolute Gasteiger partial charge is 0.282 e. The molecule has 20 heavy (non-hydrogen) atoms. The zero-order valence-electron chi connectivity index (χ0n) is 12.5. The minimum atomic E-state index is -3.35. The summed E-state index contributed by atoms with van der Waals surface area (Å²) in [5, 5.41) is 3.11. The molecule has 7 heteroatoms. The standard InChI is InChI=1S/C13H27N3O3S/c1-3-13-11-15(8-9-19-13)20(17,18)16-7-5-4-6-12(16)10-14-2/h12-14H,3-11H2,1-2H3. The van der Waals surface area contributed by atoms with Gasteiger partial charge < -0.3 is 10.1 Å². The van der Waals surface area contributed by atoms with Gasteiger partial charge >= 0.3 is 0 Å². The van der Waals surface area contributed by atoms with Crippen LogP contribution >= 0.6 is 0 Å². The average Bonchev–Trinajstić information content (AvgIpc) is 2.48. The van der Waals surface area contributed by atoms with Crippen LogP contribution in [0.25, 0.3) is 0 Å². The predicted octanol–water partition coefficient (Wildman–Crippen LogP) is 0.416. The van der Waals surface area contributed by atoms with Crippen molar-refractivity contribution in [2.24, 2.45) is 0 Å². The maximum atomic E-state index is 12.9.